The number of benzene rings is 2. The summed E-state index contributed by atoms with van der Waals surface area (Å²) in [7, 11) is 0. The van der Waals surface area contributed by atoms with Crippen molar-refractivity contribution in [3.63, 3.8) is 0 Å². The van der Waals surface area contributed by atoms with Gasteiger partial charge in [-0.05, 0) is 42.3 Å². The summed E-state index contributed by atoms with van der Waals surface area (Å²) in [5, 5.41) is 4.18. The molecule has 0 bridgehead atoms. The zero-order chi connectivity index (χ0) is 23.0. The minimum Gasteiger partial charge on any atom is -0.490 e. The third kappa shape index (κ3) is 7.58. The molecule has 0 aliphatic heterocycles. The van der Waals surface area contributed by atoms with E-state index in [1.807, 2.05) is 30.3 Å². The molecule has 4 rings (SSSR count). The van der Waals surface area contributed by atoms with E-state index in [1.54, 1.807) is 31.5 Å². The molecule has 7 nitrogen and oxygen atoms in total. The van der Waals surface area contributed by atoms with E-state index in [-0.39, 0.29) is 37.2 Å². The highest BCUT2D eigenvalue weighted by atomic mass is 35.5. The molecule has 0 fully saturated rings. The first-order valence-corrected chi connectivity index (χ1v) is 10.6. The first kappa shape index (κ1) is 27.9. The summed E-state index contributed by atoms with van der Waals surface area (Å²) in [6.45, 7) is 3.59. The number of H-pyrrole nitrogens is 1. The maximum atomic E-state index is 13.5. The molecule has 186 valence electrons. The Hall–Kier alpha value is -3.33. The van der Waals surface area contributed by atoms with E-state index in [2.05, 4.69) is 15.3 Å². The topological polar surface area (TPSA) is 85.5 Å². The second-order valence-electron chi connectivity index (χ2n) is 7.26. The van der Waals surface area contributed by atoms with Crippen LogP contribution in [0.4, 0.5) is 9.18 Å². The third-order valence-electron chi connectivity index (χ3n) is 4.87. The smallest absolute Gasteiger partial charge is 0.490 e. The Morgan fingerprint density at radius 3 is 2.69 bits per heavy atom. The molecule has 2 N–H and O–H groups in total. The molecular formula is C25H26Cl2FN3O4. The minimum absolute atomic E-state index is 0. The number of nitrogens with one attached hydrogen (secondary N) is 2. The highest BCUT2D eigenvalue weighted by molar-refractivity contribution is 5.87. The number of carbonyl (C=O) groups is 1. The fourth-order valence-corrected chi connectivity index (χ4v) is 3.39. The summed E-state index contributed by atoms with van der Waals surface area (Å²) in [4.78, 5) is 18.8. The van der Waals surface area contributed by atoms with Gasteiger partial charge in [-0.1, -0.05) is 24.3 Å². The van der Waals surface area contributed by atoms with Gasteiger partial charge in [0.15, 0.2) is 0 Å². The van der Waals surface area contributed by atoms with Crippen LogP contribution in [0.1, 0.15) is 12.5 Å². The van der Waals surface area contributed by atoms with E-state index in [0.717, 1.165) is 27.6 Å². The fourth-order valence-electron chi connectivity index (χ4n) is 3.39. The Labute approximate surface area is 214 Å². The summed E-state index contributed by atoms with van der Waals surface area (Å²) >= 11 is 0. The van der Waals surface area contributed by atoms with Crippen LogP contribution in [0, 0.1) is 5.82 Å². The quantitative estimate of drug-likeness (QED) is 0.210. The predicted octanol–water partition coefficient (Wildman–Crippen LogP) is 5.92. The molecule has 0 saturated heterocycles. The largest absolute Gasteiger partial charge is 0.515 e. The van der Waals surface area contributed by atoms with E-state index in [9.17, 15) is 9.18 Å². The lowest BCUT2D eigenvalue weighted by molar-refractivity contribution is 0.103. The SMILES string of the molecule is CCOC(=O)Oc1cc2cccc(OCCNCc3cncc(-c4cccc(F)c4)c3)c2[nH]1.Cl.Cl. The molecule has 0 unspecified atom stereocenters. The zero-order valence-electron chi connectivity index (χ0n) is 19.0. The number of aromatic nitrogens is 2. The summed E-state index contributed by atoms with van der Waals surface area (Å²) in [6, 6.07) is 15.8. The molecule has 2 aromatic heterocycles. The highest BCUT2D eigenvalue weighted by Gasteiger charge is 2.11. The summed E-state index contributed by atoms with van der Waals surface area (Å²) in [5.74, 6) is 0.677. The molecule has 2 aromatic carbocycles. The van der Waals surface area contributed by atoms with Crippen molar-refractivity contribution in [1.29, 1.82) is 0 Å². The summed E-state index contributed by atoms with van der Waals surface area (Å²) in [5.41, 5.74) is 3.38. The molecule has 35 heavy (non-hydrogen) atoms. The van der Waals surface area contributed by atoms with Crippen LogP contribution in [-0.4, -0.2) is 35.9 Å². The van der Waals surface area contributed by atoms with Crippen LogP contribution in [0.15, 0.2) is 67.0 Å². The van der Waals surface area contributed by atoms with E-state index < -0.39 is 6.16 Å². The van der Waals surface area contributed by atoms with Crippen molar-refractivity contribution in [1.82, 2.24) is 15.3 Å². The number of para-hydroxylation sites is 1. The van der Waals surface area contributed by atoms with Crippen LogP contribution in [0.25, 0.3) is 22.0 Å². The van der Waals surface area contributed by atoms with Crippen molar-refractivity contribution >= 4 is 41.9 Å². The van der Waals surface area contributed by atoms with Crippen LogP contribution >= 0.6 is 24.8 Å². The van der Waals surface area contributed by atoms with Gasteiger partial charge in [0, 0.05) is 42.5 Å². The Morgan fingerprint density at radius 1 is 1.06 bits per heavy atom. The summed E-state index contributed by atoms with van der Waals surface area (Å²) in [6.07, 6.45) is 2.74. The lowest BCUT2D eigenvalue weighted by Crippen LogP contribution is -2.20. The maximum absolute atomic E-state index is 13.5. The van der Waals surface area contributed by atoms with E-state index in [4.69, 9.17) is 14.2 Å². The predicted molar refractivity (Wildman–Crippen MR) is 137 cm³/mol. The first-order chi connectivity index (χ1) is 16.1. The lowest BCUT2D eigenvalue weighted by atomic mass is 10.1. The third-order valence-corrected chi connectivity index (χ3v) is 4.87. The highest BCUT2D eigenvalue weighted by Crippen LogP contribution is 2.28. The fraction of sp³-hybridized carbons (Fsp3) is 0.200. The molecule has 0 aliphatic rings. The Kier molecular flexibility index (Phi) is 10.8. The number of pyridine rings is 1. The number of hydrogen-bond acceptors (Lipinski definition) is 6. The first-order valence-electron chi connectivity index (χ1n) is 10.6. The van der Waals surface area contributed by atoms with Gasteiger partial charge in [-0.15, -0.1) is 24.8 Å². The maximum Gasteiger partial charge on any atom is 0.515 e. The van der Waals surface area contributed by atoms with Crippen molar-refractivity contribution in [2.24, 2.45) is 0 Å². The number of carbonyl (C=O) groups excluding carboxylic acids is 1. The Morgan fingerprint density at radius 2 is 1.89 bits per heavy atom. The average molecular weight is 522 g/mol. The number of hydrogen-bond donors (Lipinski definition) is 2. The number of nitrogens with zero attached hydrogens (tertiary/aromatic N) is 1. The Bertz CT molecular complexity index is 1250. The van der Waals surface area contributed by atoms with Crippen molar-refractivity contribution in [2.45, 2.75) is 13.5 Å². The van der Waals surface area contributed by atoms with Crippen LogP contribution in [0.5, 0.6) is 11.6 Å². The van der Waals surface area contributed by atoms with E-state index in [0.29, 0.717) is 31.3 Å². The van der Waals surface area contributed by atoms with Crippen LogP contribution in [0.3, 0.4) is 0 Å². The van der Waals surface area contributed by atoms with Gasteiger partial charge in [0.1, 0.15) is 18.2 Å². The molecular weight excluding hydrogens is 496 g/mol. The molecule has 0 saturated carbocycles. The molecule has 0 atom stereocenters. The molecule has 0 spiro atoms. The van der Waals surface area contributed by atoms with Crippen LogP contribution < -0.4 is 14.8 Å². The van der Waals surface area contributed by atoms with Gasteiger partial charge < -0.3 is 24.5 Å². The second kappa shape index (κ2) is 13.5. The molecule has 10 heteroatoms. The van der Waals surface area contributed by atoms with Crippen LogP contribution in [0.2, 0.25) is 0 Å². The van der Waals surface area contributed by atoms with Crippen molar-refractivity contribution in [2.75, 3.05) is 19.8 Å². The average Bonchev–Trinajstić information content (AvgIpc) is 3.22. The van der Waals surface area contributed by atoms with Gasteiger partial charge in [-0.3, -0.25) is 4.98 Å². The molecule has 4 aromatic rings. The van der Waals surface area contributed by atoms with Gasteiger partial charge >= 0.3 is 6.16 Å². The summed E-state index contributed by atoms with van der Waals surface area (Å²) < 4.78 is 29.3. The molecule has 0 amide bonds. The number of fused-ring (bicyclic) bond motifs is 1. The number of ether oxygens (including phenoxy) is 3. The van der Waals surface area contributed by atoms with Crippen molar-refractivity contribution < 1.29 is 23.4 Å². The normalized spacial score (nSPS) is 10.2. The van der Waals surface area contributed by atoms with E-state index in [1.165, 1.54) is 12.1 Å². The Balaban J connectivity index is 0.00000216. The van der Waals surface area contributed by atoms with Crippen molar-refractivity contribution in [3.05, 3.63) is 78.4 Å². The second-order valence-corrected chi connectivity index (χ2v) is 7.26. The number of rotatable bonds is 9. The monoisotopic (exact) mass is 521 g/mol. The van der Waals surface area contributed by atoms with Crippen LogP contribution in [-0.2, 0) is 11.3 Å². The van der Waals surface area contributed by atoms with E-state index >= 15 is 0 Å². The molecule has 2 heterocycles. The molecule has 0 radical (unpaired) electrons. The number of halogens is 3. The van der Waals surface area contributed by atoms with Crippen molar-refractivity contribution in [3.8, 4) is 22.8 Å². The van der Waals surface area contributed by atoms with Gasteiger partial charge in [0.2, 0.25) is 5.88 Å². The van der Waals surface area contributed by atoms with Gasteiger partial charge in [0.25, 0.3) is 0 Å². The zero-order valence-corrected chi connectivity index (χ0v) is 20.6. The van der Waals surface area contributed by atoms with Gasteiger partial charge in [0.05, 0.1) is 12.1 Å². The lowest BCUT2D eigenvalue weighted by Gasteiger charge is -2.09. The van der Waals surface area contributed by atoms with Gasteiger partial charge in [-0.2, -0.15) is 0 Å². The molecule has 0 aliphatic carbocycles. The standard InChI is InChI=1S/C25H24FN3O4.2ClH/c1-2-31-25(30)33-23-13-19-6-4-8-22(24(19)29-23)32-10-9-27-14-17-11-20(16-28-15-17)18-5-3-7-21(26)12-18;;/h3-8,11-13,15-16,27,29H,2,9-10,14H2,1H3;2*1H. The minimum atomic E-state index is -0.758. The number of aromatic amines is 1. The van der Waals surface area contributed by atoms with Gasteiger partial charge in [-0.25, -0.2) is 9.18 Å².